The van der Waals surface area contributed by atoms with E-state index in [2.05, 4.69) is 39.7 Å². The number of ether oxygens (including phenoxy) is 1. The molecule has 0 aliphatic rings. The lowest BCUT2D eigenvalue weighted by Crippen LogP contribution is -2.12. The van der Waals surface area contributed by atoms with Crippen molar-refractivity contribution in [3.05, 3.63) is 17.0 Å². The van der Waals surface area contributed by atoms with E-state index in [1.165, 1.54) is 32.0 Å². The zero-order valence-electron chi connectivity index (χ0n) is 9.95. The number of aromatic nitrogens is 2. The first-order valence-corrected chi connectivity index (χ1v) is 6.65. The molecular weight excluding hydrogens is 268 g/mol. The highest BCUT2D eigenvalue weighted by molar-refractivity contribution is 9.10. The van der Waals surface area contributed by atoms with Crippen molar-refractivity contribution in [2.75, 3.05) is 0 Å². The summed E-state index contributed by atoms with van der Waals surface area (Å²) < 4.78 is 6.54. The van der Waals surface area contributed by atoms with Crippen LogP contribution in [-0.4, -0.2) is 16.1 Å². The number of nitrogens with zero attached hydrogens (tertiary/aromatic N) is 2. The lowest BCUT2D eigenvalue weighted by molar-refractivity contribution is 0.196. The minimum atomic E-state index is 0.211. The van der Waals surface area contributed by atoms with E-state index in [9.17, 15) is 0 Å². The van der Waals surface area contributed by atoms with Gasteiger partial charge >= 0.3 is 0 Å². The highest BCUT2D eigenvalue weighted by Crippen LogP contribution is 2.22. The summed E-state index contributed by atoms with van der Waals surface area (Å²) in [5, 5.41) is 0. The van der Waals surface area contributed by atoms with Crippen molar-refractivity contribution < 1.29 is 4.74 Å². The Hall–Kier alpha value is -0.640. The number of hydrogen-bond donors (Lipinski definition) is 0. The molecule has 16 heavy (non-hydrogen) atoms. The van der Waals surface area contributed by atoms with E-state index in [0.29, 0.717) is 5.88 Å². The Morgan fingerprint density at radius 2 is 2.19 bits per heavy atom. The van der Waals surface area contributed by atoms with Gasteiger partial charge < -0.3 is 4.74 Å². The average Bonchev–Trinajstić information content (AvgIpc) is 2.28. The minimum absolute atomic E-state index is 0.211. The third-order valence-electron chi connectivity index (χ3n) is 2.41. The second kappa shape index (κ2) is 7.60. The van der Waals surface area contributed by atoms with Crippen LogP contribution in [0.3, 0.4) is 0 Å². The van der Waals surface area contributed by atoms with Gasteiger partial charge in [-0.1, -0.05) is 26.2 Å². The molecule has 0 radical (unpaired) electrons. The van der Waals surface area contributed by atoms with Gasteiger partial charge in [-0.2, -0.15) is 0 Å². The van der Waals surface area contributed by atoms with Crippen molar-refractivity contribution in [2.45, 2.75) is 52.1 Å². The van der Waals surface area contributed by atoms with Gasteiger partial charge in [-0.3, -0.25) is 0 Å². The maximum Gasteiger partial charge on any atom is 0.231 e. The molecule has 4 heteroatoms. The lowest BCUT2D eigenvalue weighted by Gasteiger charge is -2.14. The zero-order chi connectivity index (χ0) is 11.8. The first-order chi connectivity index (χ1) is 7.74. The van der Waals surface area contributed by atoms with Gasteiger partial charge in [-0.15, -0.1) is 0 Å². The van der Waals surface area contributed by atoms with E-state index in [1.54, 1.807) is 6.20 Å². The highest BCUT2D eigenvalue weighted by atomic mass is 79.9. The molecule has 0 amide bonds. The monoisotopic (exact) mass is 286 g/mol. The number of rotatable bonds is 7. The minimum Gasteiger partial charge on any atom is -0.474 e. The van der Waals surface area contributed by atoms with Crippen LogP contribution in [-0.2, 0) is 0 Å². The van der Waals surface area contributed by atoms with Crippen molar-refractivity contribution in [3.8, 4) is 5.88 Å². The lowest BCUT2D eigenvalue weighted by atomic mass is 10.1. The quantitative estimate of drug-likeness (QED) is 0.711. The molecule has 90 valence electrons. The predicted molar refractivity (Wildman–Crippen MR) is 68.6 cm³/mol. The van der Waals surface area contributed by atoms with Crippen LogP contribution in [0.25, 0.3) is 0 Å². The van der Waals surface area contributed by atoms with Gasteiger partial charge in [-0.05, 0) is 35.7 Å². The fourth-order valence-corrected chi connectivity index (χ4v) is 1.81. The molecule has 0 N–H and O–H groups in total. The van der Waals surface area contributed by atoms with E-state index in [-0.39, 0.29) is 6.10 Å². The summed E-state index contributed by atoms with van der Waals surface area (Å²) in [6.07, 6.45) is 9.58. The molecule has 0 aliphatic heterocycles. The molecule has 0 fully saturated rings. The van der Waals surface area contributed by atoms with Crippen molar-refractivity contribution >= 4 is 15.9 Å². The normalized spacial score (nSPS) is 12.4. The third-order valence-corrected chi connectivity index (χ3v) is 2.95. The Balaban J connectivity index is 2.28. The standard InChI is InChI=1S/C12H19BrN2O/c1-3-4-5-6-7-10(2)16-12-11(13)8-14-9-15-12/h8-10H,3-7H2,1-2H3. The summed E-state index contributed by atoms with van der Waals surface area (Å²) in [5.41, 5.74) is 0. The summed E-state index contributed by atoms with van der Waals surface area (Å²) >= 11 is 3.37. The molecule has 1 unspecified atom stereocenters. The molecule has 1 aromatic rings. The first kappa shape index (κ1) is 13.4. The predicted octanol–water partition coefficient (Wildman–Crippen LogP) is 3.98. The molecular formula is C12H19BrN2O. The maximum atomic E-state index is 5.73. The van der Waals surface area contributed by atoms with Gasteiger partial charge in [0.15, 0.2) is 0 Å². The molecule has 1 atom stereocenters. The van der Waals surface area contributed by atoms with E-state index in [1.807, 2.05) is 0 Å². The van der Waals surface area contributed by atoms with E-state index in [0.717, 1.165) is 10.9 Å². The van der Waals surface area contributed by atoms with Crippen LogP contribution in [0.4, 0.5) is 0 Å². The average molecular weight is 287 g/mol. The van der Waals surface area contributed by atoms with Gasteiger partial charge in [0.25, 0.3) is 0 Å². The SMILES string of the molecule is CCCCCCC(C)Oc1ncncc1Br. The molecule has 0 spiro atoms. The van der Waals surface area contributed by atoms with Crippen LogP contribution in [0, 0.1) is 0 Å². The van der Waals surface area contributed by atoms with E-state index < -0.39 is 0 Å². The molecule has 0 saturated heterocycles. The topological polar surface area (TPSA) is 35.0 Å². The van der Waals surface area contributed by atoms with Crippen molar-refractivity contribution in [1.82, 2.24) is 9.97 Å². The van der Waals surface area contributed by atoms with Crippen molar-refractivity contribution in [3.63, 3.8) is 0 Å². The Kier molecular flexibility index (Phi) is 6.38. The summed E-state index contributed by atoms with van der Waals surface area (Å²) in [5.74, 6) is 0.637. The molecule has 3 nitrogen and oxygen atoms in total. The molecule has 1 rings (SSSR count). The smallest absolute Gasteiger partial charge is 0.231 e. The number of hydrogen-bond acceptors (Lipinski definition) is 3. The van der Waals surface area contributed by atoms with E-state index >= 15 is 0 Å². The second-order valence-corrected chi connectivity index (χ2v) is 4.81. The molecule has 1 aromatic heterocycles. The van der Waals surface area contributed by atoms with Gasteiger partial charge in [0.05, 0.1) is 10.6 Å². The number of halogens is 1. The van der Waals surface area contributed by atoms with Crippen LogP contribution in [0.1, 0.15) is 46.0 Å². The van der Waals surface area contributed by atoms with Gasteiger partial charge in [0, 0.05) is 6.20 Å². The largest absolute Gasteiger partial charge is 0.474 e. The molecule has 0 aromatic carbocycles. The van der Waals surface area contributed by atoms with E-state index in [4.69, 9.17) is 4.74 Å². The second-order valence-electron chi connectivity index (χ2n) is 3.95. The Morgan fingerprint density at radius 3 is 2.88 bits per heavy atom. The summed E-state index contributed by atoms with van der Waals surface area (Å²) in [6, 6.07) is 0. The van der Waals surface area contributed by atoms with Crippen molar-refractivity contribution in [2.24, 2.45) is 0 Å². The van der Waals surface area contributed by atoms with Crippen LogP contribution >= 0.6 is 15.9 Å². The van der Waals surface area contributed by atoms with Crippen LogP contribution in [0.5, 0.6) is 5.88 Å². The zero-order valence-corrected chi connectivity index (χ0v) is 11.5. The summed E-state index contributed by atoms with van der Waals surface area (Å²) in [7, 11) is 0. The fourth-order valence-electron chi connectivity index (χ4n) is 1.50. The molecule has 0 bridgehead atoms. The first-order valence-electron chi connectivity index (χ1n) is 5.86. The highest BCUT2D eigenvalue weighted by Gasteiger charge is 2.07. The van der Waals surface area contributed by atoms with Crippen LogP contribution in [0.15, 0.2) is 17.0 Å². The van der Waals surface area contributed by atoms with Crippen LogP contribution < -0.4 is 4.74 Å². The van der Waals surface area contributed by atoms with Crippen LogP contribution in [0.2, 0.25) is 0 Å². The Labute approximate surface area is 106 Å². The van der Waals surface area contributed by atoms with Gasteiger partial charge in [-0.25, -0.2) is 9.97 Å². The number of unbranched alkanes of at least 4 members (excludes halogenated alkanes) is 3. The molecule has 0 aliphatic carbocycles. The Morgan fingerprint density at radius 1 is 1.38 bits per heavy atom. The third kappa shape index (κ3) is 4.92. The molecule has 1 heterocycles. The van der Waals surface area contributed by atoms with Gasteiger partial charge in [0.1, 0.15) is 6.33 Å². The summed E-state index contributed by atoms with van der Waals surface area (Å²) in [4.78, 5) is 7.98. The molecule has 0 saturated carbocycles. The van der Waals surface area contributed by atoms with Gasteiger partial charge in [0.2, 0.25) is 5.88 Å². The summed E-state index contributed by atoms with van der Waals surface area (Å²) in [6.45, 7) is 4.30. The van der Waals surface area contributed by atoms with Crippen molar-refractivity contribution in [1.29, 1.82) is 0 Å². The Bertz CT molecular complexity index is 307. The maximum absolute atomic E-state index is 5.73. The fraction of sp³-hybridized carbons (Fsp3) is 0.667.